The van der Waals surface area contributed by atoms with Crippen LogP contribution in [0.25, 0.3) is 0 Å². The monoisotopic (exact) mass is 545 g/mol. The normalized spacial score (nSPS) is 21.6. The lowest BCUT2D eigenvalue weighted by molar-refractivity contribution is -0.127. The summed E-state index contributed by atoms with van der Waals surface area (Å²) in [6.45, 7) is 9.64. The summed E-state index contributed by atoms with van der Waals surface area (Å²) in [5, 5.41) is 3.29. The Balaban J connectivity index is 1.28. The number of rotatable bonds is 8. The van der Waals surface area contributed by atoms with Gasteiger partial charge in [-0.2, -0.15) is 0 Å². The van der Waals surface area contributed by atoms with Crippen LogP contribution >= 0.6 is 0 Å². The minimum Gasteiger partial charge on any atom is -0.364 e. The number of hydrogen-bond donors (Lipinski definition) is 2. The van der Waals surface area contributed by atoms with Crippen molar-refractivity contribution < 1.29 is 9.59 Å². The standard InChI is InChI=1S/C31H43N7O2/c1-4-27(39)38-17-7-10-25(21-38)36(3)26-20-33-28(29(32)40)30(35-26)34-23-13-11-22(12-14-23)31(2)15-18-37(19-16-31)24-8-5-6-9-24/h4,11-14,20,24-25H,1,5-10,15-19,21H2,2-3H3,(H2,32,40)(H,34,35)/t25-/m1/s1. The van der Waals surface area contributed by atoms with Crippen LogP contribution in [0.15, 0.2) is 43.1 Å². The lowest BCUT2D eigenvalue weighted by Crippen LogP contribution is -2.48. The number of carbonyl (C=O) groups excluding carboxylic acids is 2. The van der Waals surface area contributed by atoms with Crippen LogP contribution in [0.5, 0.6) is 0 Å². The summed E-state index contributed by atoms with van der Waals surface area (Å²) >= 11 is 0. The molecule has 3 fully saturated rings. The molecule has 5 rings (SSSR count). The minimum atomic E-state index is -0.636. The highest BCUT2D eigenvalue weighted by atomic mass is 16.2. The summed E-state index contributed by atoms with van der Waals surface area (Å²) in [6, 6.07) is 9.35. The fourth-order valence-corrected chi connectivity index (χ4v) is 6.64. The van der Waals surface area contributed by atoms with Crippen molar-refractivity contribution in [1.82, 2.24) is 19.8 Å². The Labute approximate surface area is 237 Å². The Morgan fingerprint density at radius 2 is 1.80 bits per heavy atom. The van der Waals surface area contributed by atoms with Gasteiger partial charge in [-0.3, -0.25) is 9.59 Å². The first-order valence-corrected chi connectivity index (χ1v) is 14.7. The zero-order valence-corrected chi connectivity index (χ0v) is 23.9. The molecule has 1 aliphatic carbocycles. The van der Waals surface area contributed by atoms with Crippen molar-refractivity contribution in [1.29, 1.82) is 0 Å². The van der Waals surface area contributed by atoms with Gasteiger partial charge in [0.2, 0.25) is 5.91 Å². The quantitative estimate of drug-likeness (QED) is 0.478. The lowest BCUT2D eigenvalue weighted by Gasteiger charge is -2.42. The smallest absolute Gasteiger partial charge is 0.271 e. The maximum Gasteiger partial charge on any atom is 0.271 e. The third-order valence-electron chi connectivity index (χ3n) is 9.37. The molecule has 2 saturated heterocycles. The van der Waals surface area contributed by atoms with E-state index in [2.05, 4.69) is 40.8 Å². The van der Waals surface area contributed by atoms with Crippen LogP contribution in [0.2, 0.25) is 0 Å². The first-order chi connectivity index (χ1) is 19.3. The Kier molecular flexibility index (Phi) is 8.40. The molecule has 2 aliphatic heterocycles. The number of anilines is 3. The van der Waals surface area contributed by atoms with Crippen LogP contribution in [0.1, 0.15) is 74.3 Å². The summed E-state index contributed by atoms with van der Waals surface area (Å²) < 4.78 is 0. The second-order valence-electron chi connectivity index (χ2n) is 11.9. The molecule has 0 bridgehead atoms. The molecule has 2 aromatic rings. The van der Waals surface area contributed by atoms with Gasteiger partial charge in [-0.1, -0.05) is 38.5 Å². The number of primary amides is 1. The molecule has 1 saturated carbocycles. The molecule has 2 amide bonds. The first kappa shape index (κ1) is 28.1. The van der Waals surface area contributed by atoms with Gasteiger partial charge < -0.3 is 25.8 Å². The third kappa shape index (κ3) is 5.99. The van der Waals surface area contributed by atoms with Gasteiger partial charge >= 0.3 is 0 Å². The second-order valence-corrected chi connectivity index (χ2v) is 11.9. The maximum atomic E-state index is 12.2. The summed E-state index contributed by atoms with van der Waals surface area (Å²) in [5.41, 5.74) is 8.07. The number of hydrogen-bond acceptors (Lipinski definition) is 7. The minimum absolute atomic E-state index is 0.0627. The van der Waals surface area contributed by atoms with Crippen molar-refractivity contribution in [3.05, 3.63) is 54.4 Å². The summed E-state index contributed by atoms with van der Waals surface area (Å²) in [5.74, 6) is 0.245. The van der Waals surface area contributed by atoms with Gasteiger partial charge in [-0.25, -0.2) is 9.97 Å². The molecular formula is C31H43N7O2. The molecule has 1 aromatic carbocycles. The Hall–Kier alpha value is -3.46. The molecule has 1 atom stereocenters. The molecule has 40 heavy (non-hydrogen) atoms. The zero-order valence-electron chi connectivity index (χ0n) is 23.9. The van der Waals surface area contributed by atoms with Gasteiger partial charge in [0.05, 0.1) is 6.20 Å². The SMILES string of the molecule is C=CC(=O)N1CCC[C@@H](N(C)c2cnc(C(N)=O)c(Nc3ccc(C4(C)CCN(C5CCCC5)CC4)cc3)n2)C1. The lowest BCUT2D eigenvalue weighted by atomic mass is 9.74. The Morgan fingerprint density at radius 1 is 1.10 bits per heavy atom. The molecule has 3 N–H and O–H groups in total. The van der Waals surface area contributed by atoms with E-state index in [9.17, 15) is 9.59 Å². The van der Waals surface area contributed by atoms with E-state index in [4.69, 9.17) is 10.7 Å². The highest BCUT2D eigenvalue weighted by molar-refractivity contribution is 5.96. The second kappa shape index (κ2) is 12.0. The van der Waals surface area contributed by atoms with Crippen molar-refractivity contribution >= 4 is 29.1 Å². The number of nitrogens with zero attached hydrogens (tertiary/aromatic N) is 5. The van der Waals surface area contributed by atoms with Gasteiger partial charge in [0, 0.05) is 37.9 Å². The van der Waals surface area contributed by atoms with Gasteiger partial charge in [0.15, 0.2) is 11.5 Å². The van der Waals surface area contributed by atoms with Gasteiger partial charge in [-0.15, -0.1) is 0 Å². The van der Waals surface area contributed by atoms with E-state index in [0.29, 0.717) is 18.2 Å². The predicted octanol–water partition coefficient (Wildman–Crippen LogP) is 4.23. The Morgan fingerprint density at radius 3 is 2.45 bits per heavy atom. The topological polar surface area (TPSA) is 108 Å². The third-order valence-corrected chi connectivity index (χ3v) is 9.37. The van der Waals surface area contributed by atoms with E-state index in [0.717, 1.165) is 31.1 Å². The van der Waals surface area contributed by atoms with E-state index in [1.165, 1.54) is 63.3 Å². The van der Waals surface area contributed by atoms with Gasteiger partial charge in [0.25, 0.3) is 5.91 Å². The van der Waals surface area contributed by atoms with Crippen molar-refractivity contribution in [2.75, 3.05) is 43.4 Å². The average molecular weight is 546 g/mol. The van der Waals surface area contributed by atoms with E-state index in [1.54, 1.807) is 6.20 Å². The number of nitrogens with one attached hydrogen (secondary N) is 1. The summed E-state index contributed by atoms with van der Waals surface area (Å²) in [4.78, 5) is 40.0. The van der Waals surface area contributed by atoms with Crippen LogP contribution < -0.4 is 16.0 Å². The van der Waals surface area contributed by atoms with Crippen LogP contribution in [-0.4, -0.2) is 76.9 Å². The number of benzene rings is 1. The number of likely N-dealkylation sites (tertiary alicyclic amines) is 2. The van der Waals surface area contributed by atoms with E-state index < -0.39 is 5.91 Å². The largest absolute Gasteiger partial charge is 0.364 e. The van der Waals surface area contributed by atoms with Crippen molar-refractivity contribution in [3.8, 4) is 0 Å². The van der Waals surface area contributed by atoms with E-state index in [1.807, 2.05) is 29.0 Å². The molecule has 0 radical (unpaired) electrons. The fraction of sp³-hybridized carbons (Fsp3) is 0.548. The maximum absolute atomic E-state index is 12.2. The summed E-state index contributed by atoms with van der Waals surface area (Å²) in [7, 11) is 1.94. The van der Waals surface area contributed by atoms with Crippen molar-refractivity contribution in [2.45, 2.75) is 75.8 Å². The van der Waals surface area contributed by atoms with Crippen LogP contribution in [-0.2, 0) is 10.2 Å². The number of carbonyl (C=O) groups is 2. The fourth-order valence-electron chi connectivity index (χ4n) is 6.64. The van der Waals surface area contributed by atoms with Crippen LogP contribution in [0, 0.1) is 0 Å². The number of aromatic nitrogens is 2. The number of nitrogens with two attached hydrogens (primary N) is 1. The first-order valence-electron chi connectivity index (χ1n) is 14.7. The molecule has 9 heteroatoms. The zero-order chi connectivity index (χ0) is 28.3. The predicted molar refractivity (Wildman–Crippen MR) is 159 cm³/mol. The number of amides is 2. The van der Waals surface area contributed by atoms with E-state index >= 15 is 0 Å². The average Bonchev–Trinajstić information content (AvgIpc) is 3.52. The molecule has 0 spiro atoms. The Bertz CT molecular complexity index is 1220. The number of piperidine rings is 2. The molecule has 1 aromatic heterocycles. The highest BCUT2D eigenvalue weighted by Gasteiger charge is 2.35. The van der Waals surface area contributed by atoms with Crippen molar-refractivity contribution in [2.24, 2.45) is 5.73 Å². The highest BCUT2D eigenvalue weighted by Crippen LogP contribution is 2.38. The number of likely N-dealkylation sites (N-methyl/N-ethyl adjacent to an activating group) is 1. The van der Waals surface area contributed by atoms with E-state index in [-0.39, 0.29) is 23.1 Å². The molecule has 3 heterocycles. The molecule has 3 aliphatic rings. The van der Waals surface area contributed by atoms with Gasteiger partial charge in [-0.05, 0) is 80.8 Å². The van der Waals surface area contributed by atoms with Crippen molar-refractivity contribution in [3.63, 3.8) is 0 Å². The molecular weight excluding hydrogens is 502 g/mol. The van der Waals surface area contributed by atoms with Gasteiger partial charge in [0.1, 0.15) is 5.82 Å². The molecule has 0 unspecified atom stereocenters. The summed E-state index contributed by atoms with van der Waals surface area (Å²) in [6.07, 6.45) is 12.6. The van der Waals surface area contributed by atoms with Crippen LogP contribution in [0.4, 0.5) is 17.3 Å². The molecule has 214 valence electrons. The molecule has 9 nitrogen and oxygen atoms in total. The van der Waals surface area contributed by atoms with Crippen LogP contribution in [0.3, 0.4) is 0 Å².